The summed E-state index contributed by atoms with van der Waals surface area (Å²) in [5.41, 5.74) is -0.385. The lowest BCUT2D eigenvalue weighted by atomic mass is 9.70. The highest BCUT2D eigenvalue weighted by Gasteiger charge is 2.59. The van der Waals surface area contributed by atoms with Crippen molar-refractivity contribution in [1.29, 1.82) is 0 Å². The van der Waals surface area contributed by atoms with Crippen molar-refractivity contribution in [3.8, 4) is 0 Å². The normalized spacial score (nSPS) is 43.3. The molecular formula is C18H22F2N2O5. The number of amides is 1. The summed E-state index contributed by atoms with van der Waals surface area (Å²) in [4.78, 5) is 37.1. The number of hydrogen-bond donors (Lipinski definition) is 2. The molecule has 1 amide bonds. The zero-order valence-corrected chi connectivity index (χ0v) is 14.8. The average molecular weight is 384 g/mol. The maximum Gasteiger partial charge on any atom is 0.340 e. The zero-order valence-electron chi connectivity index (χ0n) is 14.8. The number of ether oxygens (including phenoxy) is 1. The molecule has 2 saturated carbocycles. The molecule has 0 aromatic carbocycles. The second-order valence-corrected chi connectivity index (χ2v) is 7.87. The third-order valence-electron chi connectivity index (χ3n) is 6.22. The molecule has 0 aromatic rings. The van der Waals surface area contributed by atoms with Crippen LogP contribution in [0.3, 0.4) is 0 Å². The number of halogens is 2. The average Bonchev–Trinajstić information content (AvgIpc) is 2.60. The van der Waals surface area contributed by atoms with E-state index in [1.165, 1.54) is 13.1 Å². The minimum atomic E-state index is -1.87. The van der Waals surface area contributed by atoms with E-state index in [2.05, 4.69) is 5.32 Å². The van der Waals surface area contributed by atoms with Crippen molar-refractivity contribution in [2.75, 3.05) is 0 Å². The quantitative estimate of drug-likeness (QED) is 0.682. The van der Waals surface area contributed by atoms with Gasteiger partial charge in [0, 0.05) is 25.1 Å². The molecule has 2 aliphatic carbocycles. The number of carboxylic acids is 1. The first-order valence-electron chi connectivity index (χ1n) is 9.25. The number of fused-ring (bicyclic) bond motifs is 2. The topological polar surface area (TPSA) is 95.9 Å². The Bertz CT molecular complexity index is 714. The number of aliphatic carboxylic acids is 1. The maximum atomic E-state index is 14.6. The summed E-state index contributed by atoms with van der Waals surface area (Å²) >= 11 is 0. The molecule has 4 rings (SSSR count). The number of morpholine rings is 1. The van der Waals surface area contributed by atoms with Crippen LogP contribution in [0.5, 0.6) is 0 Å². The second-order valence-electron chi connectivity index (χ2n) is 7.87. The van der Waals surface area contributed by atoms with Gasteiger partial charge in [-0.05, 0) is 25.7 Å². The van der Waals surface area contributed by atoms with Crippen LogP contribution in [0.15, 0.2) is 11.8 Å². The molecule has 27 heavy (non-hydrogen) atoms. The first kappa shape index (κ1) is 18.3. The van der Waals surface area contributed by atoms with Crippen LogP contribution in [0, 0.1) is 5.92 Å². The maximum absolute atomic E-state index is 14.6. The van der Waals surface area contributed by atoms with Crippen LogP contribution in [0.2, 0.25) is 0 Å². The number of hydrogen-bond acceptors (Lipinski definition) is 5. The second kappa shape index (κ2) is 6.54. The fourth-order valence-corrected chi connectivity index (χ4v) is 5.13. The molecule has 4 aliphatic rings. The zero-order chi connectivity index (χ0) is 19.5. The van der Waals surface area contributed by atoms with Crippen molar-refractivity contribution in [2.24, 2.45) is 5.92 Å². The molecule has 2 aliphatic heterocycles. The van der Waals surface area contributed by atoms with Crippen LogP contribution in [0.1, 0.15) is 32.6 Å². The molecule has 0 aromatic heterocycles. The van der Waals surface area contributed by atoms with Crippen LogP contribution < -0.4 is 5.32 Å². The summed E-state index contributed by atoms with van der Waals surface area (Å²) in [5, 5.41) is 12.2. The Morgan fingerprint density at radius 2 is 2.04 bits per heavy atom. The Labute approximate surface area is 154 Å². The van der Waals surface area contributed by atoms with Crippen LogP contribution >= 0.6 is 0 Å². The Kier molecular flexibility index (Phi) is 4.44. The molecule has 8 atom stereocenters. The minimum Gasteiger partial charge on any atom is -0.478 e. The van der Waals surface area contributed by atoms with Gasteiger partial charge in [-0.15, -0.1) is 0 Å². The van der Waals surface area contributed by atoms with E-state index in [0.29, 0.717) is 19.3 Å². The SMILES string of the molecule is CC(=O)NC1CCC2C(C1)OC1C(F)C(F)CC3C(=O)C(C(=O)O)=CN2C31. The number of carboxylic acid groups (broad SMARTS) is 1. The van der Waals surface area contributed by atoms with Crippen LogP contribution in [-0.4, -0.2) is 70.3 Å². The minimum absolute atomic E-state index is 0.131. The van der Waals surface area contributed by atoms with E-state index in [-0.39, 0.29) is 30.0 Å². The van der Waals surface area contributed by atoms with E-state index < -0.39 is 48.3 Å². The van der Waals surface area contributed by atoms with Gasteiger partial charge < -0.3 is 20.1 Å². The third kappa shape index (κ3) is 2.92. The van der Waals surface area contributed by atoms with Crippen molar-refractivity contribution < 1.29 is 33.0 Å². The summed E-state index contributed by atoms with van der Waals surface area (Å²) < 4.78 is 34.8. The van der Waals surface area contributed by atoms with E-state index in [0.717, 1.165) is 0 Å². The number of carbonyl (C=O) groups is 3. The lowest BCUT2D eigenvalue weighted by molar-refractivity contribution is -0.211. The number of nitrogens with zero attached hydrogens (tertiary/aromatic N) is 1. The van der Waals surface area contributed by atoms with E-state index in [9.17, 15) is 28.3 Å². The Morgan fingerprint density at radius 1 is 1.30 bits per heavy atom. The van der Waals surface area contributed by atoms with Crippen molar-refractivity contribution in [3.05, 3.63) is 11.8 Å². The van der Waals surface area contributed by atoms with Gasteiger partial charge in [-0.2, -0.15) is 0 Å². The predicted octanol–water partition coefficient (Wildman–Crippen LogP) is 0.729. The standard InChI is InChI=1S/C18H22F2N2O5/c1-7(23)21-8-2-3-12-13(4-8)27-17-14(20)11(19)5-9-15(17)22(12)6-10(16(9)24)18(25)26/h6,8-9,11-15,17H,2-5H2,1H3,(H,21,23)(H,25,26). The molecule has 0 bridgehead atoms. The molecule has 7 nitrogen and oxygen atoms in total. The van der Waals surface area contributed by atoms with Crippen LogP contribution in [-0.2, 0) is 19.1 Å². The highest BCUT2D eigenvalue weighted by molar-refractivity contribution is 6.18. The molecular weight excluding hydrogens is 362 g/mol. The summed E-state index contributed by atoms with van der Waals surface area (Å²) in [6, 6.07) is -1.06. The summed E-state index contributed by atoms with van der Waals surface area (Å²) in [6.07, 6.45) is -2.70. The van der Waals surface area contributed by atoms with Crippen molar-refractivity contribution in [2.45, 2.75) is 75.3 Å². The van der Waals surface area contributed by atoms with Gasteiger partial charge in [0.15, 0.2) is 12.0 Å². The highest BCUT2D eigenvalue weighted by Crippen LogP contribution is 2.46. The number of nitrogens with one attached hydrogen (secondary N) is 1. The number of rotatable bonds is 2. The van der Waals surface area contributed by atoms with Crippen LogP contribution in [0.4, 0.5) is 8.78 Å². The molecule has 8 unspecified atom stereocenters. The van der Waals surface area contributed by atoms with Gasteiger partial charge in [0.25, 0.3) is 0 Å². The molecule has 3 fully saturated rings. The highest BCUT2D eigenvalue weighted by atomic mass is 19.2. The van der Waals surface area contributed by atoms with Gasteiger partial charge in [-0.3, -0.25) is 9.59 Å². The summed E-state index contributed by atoms with van der Waals surface area (Å²) in [6.45, 7) is 1.42. The van der Waals surface area contributed by atoms with Gasteiger partial charge in [-0.1, -0.05) is 0 Å². The lowest BCUT2D eigenvalue weighted by Gasteiger charge is -2.58. The number of Topliss-reactive ketones (excluding diaryl/α,β-unsaturated/α-hetero) is 1. The van der Waals surface area contributed by atoms with E-state index >= 15 is 0 Å². The Balaban J connectivity index is 1.69. The first-order chi connectivity index (χ1) is 12.8. The Hall–Kier alpha value is -2.03. The predicted molar refractivity (Wildman–Crippen MR) is 88.2 cm³/mol. The first-order valence-corrected chi connectivity index (χ1v) is 9.25. The molecule has 0 spiro atoms. The third-order valence-corrected chi connectivity index (χ3v) is 6.22. The van der Waals surface area contributed by atoms with E-state index in [1.807, 2.05) is 0 Å². The summed E-state index contributed by atoms with van der Waals surface area (Å²) in [5.74, 6) is -3.11. The fraction of sp³-hybridized carbons (Fsp3) is 0.722. The molecule has 9 heteroatoms. The van der Waals surface area contributed by atoms with Crippen LogP contribution in [0.25, 0.3) is 0 Å². The van der Waals surface area contributed by atoms with Crippen molar-refractivity contribution in [1.82, 2.24) is 10.2 Å². The Morgan fingerprint density at radius 3 is 2.70 bits per heavy atom. The number of carbonyl (C=O) groups excluding carboxylic acids is 2. The molecule has 2 N–H and O–H groups in total. The van der Waals surface area contributed by atoms with Crippen molar-refractivity contribution in [3.63, 3.8) is 0 Å². The summed E-state index contributed by atoms with van der Waals surface area (Å²) in [7, 11) is 0. The largest absolute Gasteiger partial charge is 0.478 e. The van der Waals surface area contributed by atoms with E-state index in [4.69, 9.17) is 4.74 Å². The molecule has 148 valence electrons. The molecule has 0 radical (unpaired) electrons. The monoisotopic (exact) mass is 384 g/mol. The van der Waals surface area contributed by atoms with Crippen molar-refractivity contribution >= 4 is 17.7 Å². The number of ketones is 1. The van der Waals surface area contributed by atoms with Gasteiger partial charge >= 0.3 is 5.97 Å². The van der Waals surface area contributed by atoms with Gasteiger partial charge in [0.05, 0.1) is 18.2 Å². The van der Waals surface area contributed by atoms with Gasteiger partial charge in [0.2, 0.25) is 5.91 Å². The van der Waals surface area contributed by atoms with E-state index in [1.54, 1.807) is 4.90 Å². The lowest BCUT2D eigenvalue weighted by Crippen LogP contribution is -2.70. The van der Waals surface area contributed by atoms with Gasteiger partial charge in [0.1, 0.15) is 17.8 Å². The molecule has 1 saturated heterocycles. The molecule has 2 heterocycles. The smallest absolute Gasteiger partial charge is 0.340 e. The fourth-order valence-electron chi connectivity index (χ4n) is 5.13. The number of alkyl halides is 2. The van der Waals surface area contributed by atoms with Gasteiger partial charge in [-0.25, -0.2) is 13.6 Å².